The smallest absolute Gasteiger partial charge is 0.290 e. The molecule has 5 nitrogen and oxygen atoms in total. The van der Waals surface area contributed by atoms with Gasteiger partial charge in [0.05, 0.1) is 6.54 Å². The molecule has 0 saturated carbocycles. The van der Waals surface area contributed by atoms with Gasteiger partial charge in [-0.3, -0.25) is 9.59 Å². The van der Waals surface area contributed by atoms with Crippen LogP contribution in [0, 0.1) is 20.8 Å². The lowest BCUT2D eigenvalue weighted by molar-refractivity contribution is -0.116. The van der Waals surface area contributed by atoms with Crippen LogP contribution in [0.3, 0.4) is 0 Å². The van der Waals surface area contributed by atoms with Crippen LogP contribution in [0.15, 0.2) is 40.8 Å². The number of benzene rings is 2. The molecular formula is C21H21ClN2O3. The van der Waals surface area contributed by atoms with E-state index in [0.717, 1.165) is 22.2 Å². The number of hydrogen-bond acceptors (Lipinski definition) is 3. The quantitative estimate of drug-likeness (QED) is 0.707. The van der Waals surface area contributed by atoms with E-state index in [0.29, 0.717) is 16.2 Å². The van der Waals surface area contributed by atoms with Crippen molar-refractivity contribution in [3.63, 3.8) is 0 Å². The second-order valence-corrected chi connectivity index (χ2v) is 7.16. The predicted molar refractivity (Wildman–Crippen MR) is 107 cm³/mol. The summed E-state index contributed by atoms with van der Waals surface area (Å²) in [4.78, 5) is 26.5. The van der Waals surface area contributed by atoms with E-state index in [4.69, 9.17) is 16.0 Å². The number of fused-ring (bicyclic) bond motifs is 1. The fourth-order valence-electron chi connectivity index (χ4n) is 2.92. The first kappa shape index (κ1) is 19.0. The molecule has 27 heavy (non-hydrogen) atoms. The molecule has 0 spiro atoms. The van der Waals surface area contributed by atoms with Crippen LogP contribution >= 0.6 is 11.6 Å². The van der Waals surface area contributed by atoms with Gasteiger partial charge in [0.1, 0.15) is 5.58 Å². The summed E-state index contributed by atoms with van der Waals surface area (Å²) in [6, 6.07) is 11.0. The van der Waals surface area contributed by atoms with E-state index in [-0.39, 0.29) is 24.1 Å². The van der Waals surface area contributed by atoms with Crippen molar-refractivity contribution < 1.29 is 14.0 Å². The molecule has 2 aromatic carbocycles. The van der Waals surface area contributed by atoms with Crippen molar-refractivity contribution in [2.45, 2.75) is 20.8 Å². The topological polar surface area (TPSA) is 62.6 Å². The van der Waals surface area contributed by atoms with Gasteiger partial charge in [0.2, 0.25) is 5.91 Å². The number of rotatable bonds is 4. The zero-order valence-electron chi connectivity index (χ0n) is 15.7. The van der Waals surface area contributed by atoms with Gasteiger partial charge in [-0.25, -0.2) is 0 Å². The number of likely N-dealkylation sites (N-methyl/N-ethyl adjacent to an activating group) is 1. The van der Waals surface area contributed by atoms with Gasteiger partial charge in [0, 0.05) is 28.7 Å². The van der Waals surface area contributed by atoms with Crippen molar-refractivity contribution in [2.24, 2.45) is 0 Å². The maximum atomic E-state index is 12.7. The third kappa shape index (κ3) is 3.98. The van der Waals surface area contributed by atoms with Crippen LogP contribution in [-0.2, 0) is 4.79 Å². The molecule has 0 aliphatic carbocycles. The Balaban J connectivity index is 1.75. The van der Waals surface area contributed by atoms with Gasteiger partial charge in [-0.15, -0.1) is 0 Å². The monoisotopic (exact) mass is 384 g/mol. The van der Waals surface area contributed by atoms with Crippen LogP contribution < -0.4 is 5.32 Å². The molecule has 0 aliphatic heterocycles. The molecule has 2 amide bonds. The molecule has 0 atom stereocenters. The van der Waals surface area contributed by atoms with Crippen LogP contribution in [0.5, 0.6) is 0 Å². The number of furan rings is 1. The molecule has 0 unspecified atom stereocenters. The van der Waals surface area contributed by atoms with Gasteiger partial charge in [0.25, 0.3) is 5.91 Å². The lowest BCUT2D eigenvalue weighted by Crippen LogP contribution is -2.35. The van der Waals surface area contributed by atoms with Crippen molar-refractivity contribution in [2.75, 3.05) is 18.9 Å². The molecule has 1 heterocycles. The third-order valence-electron chi connectivity index (χ3n) is 4.49. The predicted octanol–water partition coefficient (Wildman–Crippen LogP) is 4.72. The first-order valence-corrected chi connectivity index (χ1v) is 8.95. The van der Waals surface area contributed by atoms with Crippen molar-refractivity contribution in [1.82, 2.24) is 4.90 Å². The highest BCUT2D eigenvalue weighted by Gasteiger charge is 2.22. The van der Waals surface area contributed by atoms with Gasteiger partial charge in [-0.2, -0.15) is 0 Å². The minimum Gasteiger partial charge on any atom is -0.451 e. The Morgan fingerprint density at radius 2 is 1.85 bits per heavy atom. The van der Waals surface area contributed by atoms with Gasteiger partial charge in [-0.1, -0.05) is 23.7 Å². The second kappa shape index (κ2) is 7.45. The Morgan fingerprint density at radius 3 is 2.59 bits per heavy atom. The van der Waals surface area contributed by atoms with Gasteiger partial charge in [0.15, 0.2) is 5.76 Å². The molecule has 1 aromatic heterocycles. The van der Waals surface area contributed by atoms with Crippen molar-refractivity contribution in [3.05, 3.63) is 63.9 Å². The normalized spacial score (nSPS) is 10.9. The number of amides is 2. The number of anilines is 1. The Bertz CT molecular complexity index is 1040. The summed E-state index contributed by atoms with van der Waals surface area (Å²) in [5.41, 5.74) is 4.06. The highest BCUT2D eigenvalue weighted by molar-refractivity contribution is 6.31. The van der Waals surface area contributed by atoms with E-state index >= 15 is 0 Å². The van der Waals surface area contributed by atoms with Crippen LogP contribution in [0.1, 0.15) is 27.2 Å². The maximum Gasteiger partial charge on any atom is 0.290 e. The molecule has 6 heteroatoms. The van der Waals surface area contributed by atoms with Crippen LogP contribution in [0.2, 0.25) is 5.02 Å². The zero-order valence-corrected chi connectivity index (χ0v) is 16.5. The molecule has 3 aromatic rings. The number of nitrogens with zero attached hydrogens (tertiary/aromatic N) is 1. The summed E-state index contributed by atoms with van der Waals surface area (Å²) in [7, 11) is 1.57. The molecule has 0 bridgehead atoms. The fourth-order valence-corrected chi connectivity index (χ4v) is 3.09. The number of halogens is 1. The molecule has 0 fully saturated rings. The van der Waals surface area contributed by atoms with E-state index in [1.54, 1.807) is 32.2 Å². The lowest BCUT2D eigenvalue weighted by atomic mass is 10.1. The first-order chi connectivity index (χ1) is 12.8. The van der Waals surface area contributed by atoms with E-state index < -0.39 is 0 Å². The largest absolute Gasteiger partial charge is 0.451 e. The number of carbonyl (C=O) groups is 2. The first-order valence-electron chi connectivity index (χ1n) is 8.57. The second-order valence-electron chi connectivity index (χ2n) is 6.72. The molecule has 0 aliphatic rings. The molecule has 3 rings (SSSR count). The number of carbonyl (C=O) groups excluding carboxylic acids is 2. The van der Waals surface area contributed by atoms with Crippen LogP contribution in [0.4, 0.5) is 5.69 Å². The summed E-state index contributed by atoms with van der Waals surface area (Å²) in [5, 5.41) is 4.22. The number of nitrogens with one attached hydrogen (secondary N) is 1. The summed E-state index contributed by atoms with van der Waals surface area (Å²) in [6.45, 7) is 5.61. The van der Waals surface area contributed by atoms with E-state index in [9.17, 15) is 9.59 Å². The Labute approximate surface area is 162 Å². The SMILES string of the molecule is Cc1ccc(C)c(NC(=O)CN(C)C(=O)c2oc3ccc(Cl)cc3c2C)c1. The van der Waals surface area contributed by atoms with Gasteiger partial charge < -0.3 is 14.6 Å². The maximum absolute atomic E-state index is 12.7. The molecule has 0 saturated heterocycles. The van der Waals surface area contributed by atoms with E-state index in [2.05, 4.69) is 5.32 Å². The lowest BCUT2D eigenvalue weighted by Gasteiger charge is -2.16. The fraction of sp³-hybridized carbons (Fsp3) is 0.238. The summed E-state index contributed by atoms with van der Waals surface area (Å²) in [6.07, 6.45) is 0. The van der Waals surface area contributed by atoms with Crippen molar-refractivity contribution in [1.29, 1.82) is 0 Å². The average molecular weight is 385 g/mol. The highest BCUT2D eigenvalue weighted by atomic mass is 35.5. The summed E-state index contributed by atoms with van der Waals surface area (Å²) >= 11 is 6.02. The Hall–Kier alpha value is -2.79. The molecular weight excluding hydrogens is 364 g/mol. The number of hydrogen-bond donors (Lipinski definition) is 1. The highest BCUT2D eigenvalue weighted by Crippen LogP contribution is 2.28. The van der Waals surface area contributed by atoms with E-state index in [1.165, 1.54) is 4.90 Å². The average Bonchev–Trinajstić information content (AvgIpc) is 2.93. The van der Waals surface area contributed by atoms with Gasteiger partial charge in [-0.05, 0) is 56.2 Å². The van der Waals surface area contributed by atoms with Gasteiger partial charge >= 0.3 is 0 Å². The Morgan fingerprint density at radius 1 is 1.11 bits per heavy atom. The molecule has 140 valence electrons. The summed E-state index contributed by atoms with van der Waals surface area (Å²) < 4.78 is 5.69. The van der Waals surface area contributed by atoms with E-state index in [1.807, 2.05) is 32.0 Å². The van der Waals surface area contributed by atoms with Crippen LogP contribution in [-0.4, -0.2) is 30.3 Å². The zero-order chi connectivity index (χ0) is 19.7. The third-order valence-corrected chi connectivity index (χ3v) is 4.72. The molecule has 0 radical (unpaired) electrons. The summed E-state index contributed by atoms with van der Waals surface area (Å²) in [5.74, 6) is -0.401. The Kier molecular flexibility index (Phi) is 5.24. The minimum atomic E-state index is -0.351. The standard InChI is InChI=1S/C21H21ClN2O3/c1-12-5-6-13(2)17(9-12)23-19(25)11-24(4)21(26)20-14(3)16-10-15(22)7-8-18(16)27-20/h5-10H,11H2,1-4H3,(H,23,25). The van der Waals surface area contributed by atoms with Crippen molar-refractivity contribution >= 4 is 40.1 Å². The van der Waals surface area contributed by atoms with Crippen LogP contribution in [0.25, 0.3) is 11.0 Å². The molecule has 1 N–H and O–H groups in total. The van der Waals surface area contributed by atoms with Crippen molar-refractivity contribution in [3.8, 4) is 0 Å². The minimum absolute atomic E-state index is 0.0799. The number of aryl methyl sites for hydroxylation is 3.